The minimum absolute atomic E-state index is 0.0312. The molecule has 2 aromatic rings. The molecular weight excluding hydrogens is 390 g/mol. The fourth-order valence-electron chi connectivity index (χ4n) is 4.14. The van der Waals surface area contributed by atoms with Crippen LogP contribution in [0.2, 0.25) is 0 Å². The number of rotatable bonds is 9. The summed E-state index contributed by atoms with van der Waals surface area (Å²) in [6.45, 7) is 5.49. The van der Waals surface area contributed by atoms with Crippen LogP contribution in [0.15, 0.2) is 42.5 Å². The number of methoxy groups -OCH3 is 2. The number of hydrogen-bond donors (Lipinski definition) is 1. The van der Waals surface area contributed by atoms with Crippen molar-refractivity contribution in [2.24, 2.45) is 0 Å². The molecule has 3 rings (SSSR count). The summed E-state index contributed by atoms with van der Waals surface area (Å²) >= 11 is 0. The van der Waals surface area contributed by atoms with E-state index in [1.54, 1.807) is 19.1 Å². The first-order valence-corrected chi connectivity index (χ1v) is 11.1. The number of fused-ring (bicyclic) bond motifs is 1. The number of nitrogens with zero attached hydrogens (tertiary/aromatic N) is 2. The number of ether oxygens (including phenoxy) is 2. The third kappa shape index (κ3) is 5.91. The number of benzene rings is 2. The Morgan fingerprint density at radius 1 is 1.13 bits per heavy atom. The van der Waals surface area contributed by atoms with Crippen molar-refractivity contribution in [3.63, 3.8) is 0 Å². The van der Waals surface area contributed by atoms with Gasteiger partial charge in [0.25, 0.3) is 0 Å². The number of hydrogen-bond acceptors (Lipinski definition) is 4. The van der Waals surface area contributed by atoms with Crippen molar-refractivity contribution in [1.29, 1.82) is 0 Å². The molecule has 1 heterocycles. The molecule has 0 spiro atoms. The molecule has 0 saturated carbocycles. The smallest absolute Gasteiger partial charge is 0.317 e. The first-order valence-electron chi connectivity index (χ1n) is 11.1. The second-order valence-electron chi connectivity index (χ2n) is 8.10. The molecule has 1 N–H and O–H groups in total. The molecule has 1 unspecified atom stereocenters. The summed E-state index contributed by atoms with van der Waals surface area (Å²) in [5.41, 5.74) is 3.97. The first-order chi connectivity index (χ1) is 15.0. The molecule has 1 atom stereocenters. The summed E-state index contributed by atoms with van der Waals surface area (Å²) in [5, 5.41) is 3.13. The summed E-state index contributed by atoms with van der Waals surface area (Å²) in [6.07, 6.45) is 2.84. The standard InChI is InChI=1S/C25H35N3O3/c1-5-22(28-15-13-20-8-6-7-9-21(20)18-28)17-26-25(29)27(2)14-12-19-10-11-23(30-3)24(16-19)31-4/h6-11,16,22H,5,12-15,17-18H2,1-4H3,(H,26,29). The van der Waals surface area contributed by atoms with Crippen molar-refractivity contribution >= 4 is 6.03 Å². The van der Waals surface area contributed by atoms with Gasteiger partial charge >= 0.3 is 6.03 Å². The maximum absolute atomic E-state index is 12.6. The van der Waals surface area contributed by atoms with E-state index in [0.717, 1.165) is 37.9 Å². The number of carbonyl (C=O) groups excluding carboxylic acids is 1. The van der Waals surface area contributed by atoms with Gasteiger partial charge in [-0.05, 0) is 48.1 Å². The number of amides is 2. The van der Waals surface area contributed by atoms with E-state index in [1.807, 2.05) is 25.2 Å². The van der Waals surface area contributed by atoms with Crippen molar-refractivity contribution in [2.45, 2.75) is 38.8 Å². The van der Waals surface area contributed by atoms with Gasteiger partial charge in [0.15, 0.2) is 11.5 Å². The molecule has 1 aliphatic rings. The minimum atomic E-state index is -0.0312. The molecule has 31 heavy (non-hydrogen) atoms. The Kier molecular flexibility index (Phi) is 8.18. The van der Waals surface area contributed by atoms with Gasteiger partial charge in [0, 0.05) is 39.3 Å². The van der Waals surface area contributed by atoms with Gasteiger partial charge in [-0.25, -0.2) is 4.79 Å². The van der Waals surface area contributed by atoms with E-state index in [4.69, 9.17) is 9.47 Å². The quantitative estimate of drug-likeness (QED) is 0.665. The maximum Gasteiger partial charge on any atom is 0.317 e. The highest BCUT2D eigenvalue weighted by Crippen LogP contribution is 2.27. The summed E-state index contributed by atoms with van der Waals surface area (Å²) in [4.78, 5) is 16.9. The van der Waals surface area contributed by atoms with Crippen molar-refractivity contribution < 1.29 is 14.3 Å². The second-order valence-corrected chi connectivity index (χ2v) is 8.10. The van der Waals surface area contributed by atoms with Crippen LogP contribution in [0.1, 0.15) is 30.0 Å². The van der Waals surface area contributed by atoms with E-state index in [1.165, 1.54) is 11.1 Å². The third-order valence-electron chi connectivity index (χ3n) is 6.17. The lowest BCUT2D eigenvalue weighted by atomic mass is 9.98. The highest BCUT2D eigenvalue weighted by Gasteiger charge is 2.23. The average Bonchev–Trinajstić information content (AvgIpc) is 2.82. The molecule has 0 bridgehead atoms. The van der Waals surface area contributed by atoms with Crippen LogP contribution in [-0.2, 0) is 19.4 Å². The molecule has 6 nitrogen and oxygen atoms in total. The lowest BCUT2D eigenvalue weighted by Gasteiger charge is -2.35. The molecule has 1 aliphatic heterocycles. The summed E-state index contributed by atoms with van der Waals surface area (Å²) in [6, 6.07) is 14.9. The van der Waals surface area contributed by atoms with E-state index in [2.05, 4.69) is 41.4 Å². The van der Waals surface area contributed by atoms with Gasteiger partial charge in [0.2, 0.25) is 0 Å². The van der Waals surface area contributed by atoms with Crippen LogP contribution >= 0.6 is 0 Å². The van der Waals surface area contributed by atoms with Gasteiger partial charge in [0.05, 0.1) is 14.2 Å². The molecule has 0 aliphatic carbocycles. The van der Waals surface area contributed by atoms with Gasteiger partial charge in [-0.1, -0.05) is 37.3 Å². The first kappa shape index (κ1) is 22.9. The predicted octanol–water partition coefficient (Wildman–Crippen LogP) is 3.72. The molecule has 6 heteroatoms. The second kappa shape index (κ2) is 11.0. The number of urea groups is 1. The lowest BCUT2D eigenvalue weighted by molar-refractivity contribution is 0.164. The largest absolute Gasteiger partial charge is 0.493 e. The maximum atomic E-state index is 12.6. The lowest BCUT2D eigenvalue weighted by Crippen LogP contribution is -2.48. The fraction of sp³-hybridized carbons (Fsp3) is 0.480. The zero-order valence-corrected chi connectivity index (χ0v) is 19.2. The Morgan fingerprint density at radius 3 is 2.58 bits per heavy atom. The molecule has 0 fully saturated rings. The Balaban J connectivity index is 1.48. The number of likely N-dealkylation sites (N-methyl/N-ethyl adjacent to an activating group) is 1. The Hall–Kier alpha value is -2.73. The average molecular weight is 426 g/mol. The van der Waals surface area contributed by atoms with E-state index >= 15 is 0 Å². The zero-order valence-electron chi connectivity index (χ0n) is 19.2. The molecule has 0 radical (unpaired) electrons. The van der Waals surface area contributed by atoms with E-state index in [-0.39, 0.29) is 6.03 Å². The van der Waals surface area contributed by atoms with Crippen LogP contribution in [0.4, 0.5) is 4.79 Å². The summed E-state index contributed by atoms with van der Waals surface area (Å²) in [7, 11) is 5.10. The Morgan fingerprint density at radius 2 is 1.87 bits per heavy atom. The number of carbonyl (C=O) groups is 1. The van der Waals surface area contributed by atoms with Crippen LogP contribution in [-0.4, -0.2) is 62.8 Å². The third-order valence-corrected chi connectivity index (χ3v) is 6.17. The van der Waals surface area contributed by atoms with Gasteiger partial charge in [-0.2, -0.15) is 0 Å². The van der Waals surface area contributed by atoms with E-state index in [0.29, 0.717) is 30.6 Å². The molecule has 2 amide bonds. The normalized spacial score (nSPS) is 14.5. The predicted molar refractivity (Wildman–Crippen MR) is 124 cm³/mol. The molecule has 0 aromatic heterocycles. The van der Waals surface area contributed by atoms with Crippen LogP contribution in [0, 0.1) is 0 Å². The van der Waals surface area contributed by atoms with Crippen molar-refractivity contribution in [1.82, 2.24) is 15.1 Å². The minimum Gasteiger partial charge on any atom is -0.493 e. The topological polar surface area (TPSA) is 54.0 Å². The van der Waals surface area contributed by atoms with Crippen LogP contribution in [0.25, 0.3) is 0 Å². The van der Waals surface area contributed by atoms with Crippen LogP contribution in [0.5, 0.6) is 11.5 Å². The molecule has 2 aromatic carbocycles. The highest BCUT2D eigenvalue weighted by atomic mass is 16.5. The van der Waals surface area contributed by atoms with Crippen molar-refractivity contribution in [3.05, 3.63) is 59.2 Å². The highest BCUT2D eigenvalue weighted by molar-refractivity contribution is 5.73. The molecular formula is C25H35N3O3. The fourth-order valence-corrected chi connectivity index (χ4v) is 4.14. The van der Waals surface area contributed by atoms with Crippen LogP contribution < -0.4 is 14.8 Å². The van der Waals surface area contributed by atoms with Gasteiger partial charge in [0.1, 0.15) is 0 Å². The van der Waals surface area contributed by atoms with Crippen molar-refractivity contribution in [2.75, 3.05) is 40.9 Å². The Bertz CT molecular complexity index is 871. The monoisotopic (exact) mass is 425 g/mol. The van der Waals surface area contributed by atoms with Gasteiger partial charge in [-0.15, -0.1) is 0 Å². The summed E-state index contributed by atoms with van der Waals surface area (Å²) in [5.74, 6) is 1.42. The summed E-state index contributed by atoms with van der Waals surface area (Å²) < 4.78 is 10.7. The van der Waals surface area contributed by atoms with Gasteiger partial charge in [-0.3, -0.25) is 4.90 Å². The molecule has 0 saturated heterocycles. The Labute approximate surface area is 186 Å². The van der Waals surface area contributed by atoms with E-state index < -0.39 is 0 Å². The van der Waals surface area contributed by atoms with Gasteiger partial charge < -0.3 is 19.7 Å². The van der Waals surface area contributed by atoms with Crippen molar-refractivity contribution in [3.8, 4) is 11.5 Å². The van der Waals surface area contributed by atoms with E-state index in [9.17, 15) is 4.79 Å². The number of nitrogens with one attached hydrogen (secondary N) is 1. The molecule has 168 valence electrons. The SMILES string of the molecule is CCC(CNC(=O)N(C)CCc1ccc(OC)c(OC)c1)N1CCc2ccccc2C1. The van der Waals surface area contributed by atoms with Crippen LogP contribution in [0.3, 0.4) is 0 Å². The zero-order chi connectivity index (χ0) is 22.2.